The fourth-order valence-electron chi connectivity index (χ4n) is 3.81. The molecular weight excluding hydrogens is 465 g/mol. The van der Waals surface area contributed by atoms with Gasteiger partial charge in [0.25, 0.3) is 0 Å². The van der Waals surface area contributed by atoms with Gasteiger partial charge in [-0.3, -0.25) is 4.79 Å². The van der Waals surface area contributed by atoms with Gasteiger partial charge in [0.1, 0.15) is 0 Å². The number of amides is 1. The largest absolute Gasteiger partial charge is 0.417 e. The number of piperidine rings is 1. The molecule has 2 aromatic carbocycles. The third kappa shape index (κ3) is 5.27. The summed E-state index contributed by atoms with van der Waals surface area (Å²) in [5.41, 5.74) is 0.920. The van der Waals surface area contributed by atoms with Crippen LogP contribution in [0.25, 0.3) is 0 Å². The molecule has 0 aromatic heterocycles. The van der Waals surface area contributed by atoms with Gasteiger partial charge in [0.15, 0.2) is 0 Å². The normalized spacial score (nSPS) is 16.2. The van der Waals surface area contributed by atoms with Gasteiger partial charge in [-0.25, -0.2) is 8.42 Å². The summed E-state index contributed by atoms with van der Waals surface area (Å²) >= 11 is 5.60. The van der Waals surface area contributed by atoms with Crippen LogP contribution in [-0.2, 0) is 27.5 Å². The highest BCUT2D eigenvalue weighted by molar-refractivity contribution is 7.89. The van der Waals surface area contributed by atoms with Crippen LogP contribution in [0.2, 0.25) is 5.02 Å². The highest BCUT2D eigenvalue weighted by Crippen LogP contribution is 2.37. The molecule has 3 rings (SSSR count). The molecule has 0 atom stereocenters. The van der Waals surface area contributed by atoms with Gasteiger partial charge in [0.2, 0.25) is 15.9 Å². The van der Waals surface area contributed by atoms with Crippen molar-refractivity contribution in [2.75, 3.05) is 20.1 Å². The van der Waals surface area contributed by atoms with Crippen LogP contribution in [0.5, 0.6) is 0 Å². The van der Waals surface area contributed by atoms with Crippen molar-refractivity contribution in [3.63, 3.8) is 0 Å². The van der Waals surface area contributed by atoms with Gasteiger partial charge < -0.3 is 4.90 Å². The van der Waals surface area contributed by atoms with Crippen LogP contribution in [0.3, 0.4) is 0 Å². The number of carbonyl (C=O) groups excluding carboxylic acids is 1. The van der Waals surface area contributed by atoms with Crippen LogP contribution in [0.1, 0.15) is 29.5 Å². The second kappa shape index (κ2) is 9.41. The first kappa shape index (κ1) is 24.5. The maximum absolute atomic E-state index is 13.1. The second-order valence-corrected chi connectivity index (χ2v) is 10.3. The monoisotopic (exact) mass is 488 g/mol. The van der Waals surface area contributed by atoms with E-state index < -0.39 is 31.7 Å². The second-order valence-electron chi connectivity index (χ2n) is 7.94. The van der Waals surface area contributed by atoms with Crippen LogP contribution >= 0.6 is 11.6 Å². The van der Waals surface area contributed by atoms with Crippen molar-refractivity contribution in [1.29, 1.82) is 0 Å². The Labute approximate surface area is 190 Å². The lowest BCUT2D eigenvalue weighted by atomic mass is 9.96. The molecule has 174 valence electrons. The molecule has 0 unspecified atom stereocenters. The maximum Gasteiger partial charge on any atom is 0.417 e. The van der Waals surface area contributed by atoms with Gasteiger partial charge in [-0.2, -0.15) is 17.5 Å². The molecule has 0 saturated carbocycles. The smallest absolute Gasteiger partial charge is 0.341 e. The Balaban J connectivity index is 1.67. The third-order valence-electron chi connectivity index (χ3n) is 5.73. The topological polar surface area (TPSA) is 57.7 Å². The van der Waals surface area contributed by atoms with E-state index in [1.165, 1.54) is 0 Å². The van der Waals surface area contributed by atoms with Gasteiger partial charge in [-0.15, -0.1) is 0 Å². The summed E-state index contributed by atoms with van der Waals surface area (Å²) in [7, 11) is -2.42. The number of benzene rings is 2. The average molecular weight is 489 g/mol. The zero-order valence-electron chi connectivity index (χ0n) is 17.7. The van der Waals surface area contributed by atoms with Crippen LogP contribution < -0.4 is 0 Å². The lowest BCUT2D eigenvalue weighted by molar-refractivity contribution is -0.138. The fraction of sp³-hybridized carbons (Fsp3) is 0.409. The summed E-state index contributed by atoms with van der Waals surface area (Å²) in [4.78, 5) is 14.0. The van der Waals surface area contributed by atoms with Gasteiger partial charge >= 0.3 is 6.18 Å². The Morgan fingerprint density at radius 2 is 1.78 bits per heavy atom. The molecule has 0 radical (unpaired) electrons. The van der Waals surface area contributed by atoms with E-state index in [1.54, 1.807) is 11.9 Å². The Morgan fingerprint density at radius 1 is 1.16 bits per heavy atom. The predicted octanol–water partition coefficient (Wildman–Crippen LogP) is 4.73. The number of alkyl halides is 3. The molecule has 1 aliphatic heterocycles. The average Bonchev–Trinajstić information content (AvgIpc) is 2.74. The summed E-state index contributed by atoms with van der Waals surface area (Å²) < 4.78 is 66.3. The summed E-state index contributed by atoms with van der Waals surface area (Å²) in [5, 5.41) is -0.558. The molecule has 1 saturated heterocycles. The highest BCUT2D eigenvalue weighted by atomic mass is 35.5. The zero-order valence-corrected chi connectivity index (χ0v) is 19.3. The molecule has 2 aromatic rings. The van der Waals surface area contributed by atoms with Gasteiger partial charge in [0, 0.05) is 32.6 Å². The number of sulfonamides is 1. The van der Waals surface area contributed by atoms with E-state index in [1.807, 2.05) is 31.2 Å². The molecule has 1 aliphatic rings. The standard InChI is InChI=1S/C22H24ClF3N2O3S/c1-15-5-3-4-6-17(15)14-27(2)21(29)16-9-11-28(12-10-16)32(30,31)18-7-8-20(23)19(13-18)22(24,25)26/h3-8,13,16H,9-12,14H2,1-2H3. The molecular formula is C22H24ClF3N2O3S. The van der Waals surface area contributed by atoms with E-state index in [0.29, 0.717) is 25.5 Å². The number of halogens is 4. The summed E-state index contributed by atoms with van der Waals surface area (Å²) in [6, 6.07) is 10.3. The Bertz CT molecular complexity index is 1100. The molecule has 0 N–H and O–H groups in total. The molecule has 1 fully saturated rings. The molecule has 0 spiro atoms. The quantitative estimate of drug-likeness (QED) is 0.611. The van der Waals surface area contributed by atoms with Gasteiger partial charge in [-0.05, 0) is 49.1 Å². The van der Waals surface area contributed by atoms with E-state index in [0.717, 1.165) is 27.6 Å². The van der Waals surface area contributed by atoms with Crippen molar-refractivity contribution in [1.82, 2.24) is 9.21 Å². The first-order chi connectivity index (χ1) is 14.9. The Morgan fingerprint density at radius 3 is 2.38 bits per heavy atom. The Kier molecular flexibility index (Phi) is 7.21. The summed E-state index contributed by atoms with van der Waals surface area (Å²) in [5.74, 6) is -0.414. The minimum atomic E-state index is -4.76. The summed E-state index contributed by atoms with van der Waals surface area (Å²) in [6.45, 7) is 2.54. The highest BCUT2D eigenvalue weighted by Gasteiger charge is 2.37. The van der Waals surface area contributed by atoms with E-state index in [2.05, 4.69) is 0 Å². The number of carbonyl (C=O) groups is 1. The van der Waals surface area contributed by atoms with Crippen molar-refractivity contribution < 1.29 is 26.4 Å². The van der Waals surface area contributed by atoms with E-state index in [9.17, 15) is 26.4 Å². The Hall–Kier alpha value is -2.10. The maximum atomic E-state index is 13.1. The van der Waals surface area contributed by atoms with Crippen molar-refractivity contribution in [2.45, 2.75) is 37.4 Å². The van der Waals surface area contributed by atoms with Crippen molar-refractivity contribution in [3.8, 4) is 0 Å². The molecule has 1 heterocycles. The van der Waals surface area contributed by atoms with Crippen LogP contribution in [-0.4, -0.2) is 43.7 Å². The van der Waals surface area contributed by atoms with Crippen molar-refractivity contribution in [2.24, 2.45) is 5.92 Å². The number of nitrogens with zero attached hydrogens (tertiary/aromatic N) is 2. The lowest BCUT2D eigenvalue weighted by Crippen LogP contribution is -2.43. The lowest BCUT2D eigenvalue weighted by Gasteiger charge is -2.32. The molecule has 0 aliphatic carbocycles. The zero-order chi connectivity index (χ0) is 23.7. The van der Waals surface area contributed by atoms with E-state index in [4.69, 9.17) is 11.6 Å². The molecule has 5 nitrogen and oxygen atoms in total. The number of hydrogen-bond donors (Lipinski definition) is 0. The summed E-state index contributed by atoms with van der Waals surface area (Å²) in [6.07, 6.45) is -4.16. The first-order valence-electron chi connectivity index (χ1n) is 10.1. The molecule has 10 heteroatoms. The van der Waals surface area contributed by atoms with Crippen LogP contribution in [0, 0.1) is 12.8 Å². The predicted molar refractivity (Wildman–Crippen MR) is 116 cm³/mol. The minimum Gasteiger partial charge on any atom is -0.341 e. The van der Waals surface area contributed by atoms with Crippen molar-refractivity contribution >= 4 is 27.5 Å². The fourth-order valence-corrected chi connectivity index (χ4v) is 5.53. The molecule has 0 bridgehead atoms. The van der Waals surface area contributed by atoms with Gasteiger partial charge in [-0.1, -0.05) is 35.9 Å². The number of rotatable bonds is 5. The van der Waals surface area contributed by atoms with E-state index >= 15 is 0 Å². The first-order valence-corrected chi connectivity index (χ1v) is 11.9. The molecule has 1 amide bonds. The van der Waals surface area contributed by atoms with Gasteiger partial charge in [0.05, 0.1) is 15.5 Å². The number of hydrogen-bond acceptors (Lipinski definition) is 3. The van der Waals surface area contributed by atoms with Crippen molar-refractivity contribution in [3.05, 3.63) is 64.2 Å². The van der Waals surface area contributed by atoms with E-state index in [-0.39, 0.29) is 24.9 Å². The SMILES string of the molecule is Cc1ccccc1CN(C)C(=O)C1CCN(S(=O)(=O)c2ccc(Cl)c(C(F)(F)F)c2)CC1. The van der Waals surface area contributed by atoms with Crippen LogP contribution in [0.15, 0.2) is 47.4 Å². The van der Waals surface area contributed by atoms with Crippen LogP contribution in [0.4, 0.5) is 13.2 Å². The third-order valence-corrected chi connectivity index (χ3v) is 7.95. The molecule has 32 heavy (non-hydrogen) atoms. The minimum absolute atomic E-state index is 0.0565. The number of aryl methyl sites for hydroxylation is 1.